The number of nitrogens with zero attached hydrogens (tertiary/aromatic N) is 5. The fourth-order valence-electron chi connectivity index (χ4n) is 3.97. The molecule has 2 N–H and O–H groups in total. The summed E-state index contributed by atoms with van der Waals surface area (Å²) in [6.07, 6.45) is -2.18. The van der Waals surface area contributed by atoms with Gasteiger partial charge in [-0.1, -0.05) is 11.6 Å². The average Bonchev–Trinajstić information content (AvgIpc) is 3.20. The molecule has 1 saturated carbocycles. The van der Waals surface area contributed by atoms with Crippen molar-refractivity contribution in [3.05, 3.63) is 41.2 Å². The van der Waals surface area contributed by atoms with Gasteiger partial charge in [-0.2, -0.15) is 23.5 Å². The molecule has 9 nitrogen and oxygen atoms in total. The molecule has 15 heteroatoms. The summed E-state index contributed by atoms with van der Waals surface area (Å²) in [5.41, 5.74) is -0.232. The van der Waals surface area contributed by atoms with Gasteiger partial charge in [0.15, 0.2) is 11.5 Å². The van der Waals surface area contributed by atoms with Crippen LogP contribution in [0.1, 0.15) is 24.3 Å². The first-order chi connectivity index (χ1) is 17.5. The molecular formula is C22H13ClF5N7O2. The van der Waals surface area contributed by atoms with Crippen molar-refractivity contribution in [2.45, 2.75) is 31.1 Å². The zero-order valence-corrected chi connectivity index (χ0v) is 19.0. The van der Waals surface area contributed by atoms with Crippen molar-refractivity contribution in [1.29, 1.82) is 5.26 Å². The van der Waals surface area contributed by atoms with Crippen LogP contribution in [0.5, 0.6) is 0 Å². The number of carbonyl (C=O) groups is 2. The Labute approximate surface area is 208 Å². The summed E-state index contributed by atoms with van der Waals surface area (Å²) in [5.74, 6) is -6.30. The molecule has 37 heavy (non-hydrogen) atoms. The van der Waals surface area contributed by atoms with Crippen molar-refractivity contribution in [2.75, 3.05) is 5.32 Å². The van der Waals surface area contributed by atoms with Gasteiger partial charge in [-0.25, -0.2) is 13.8 Å². The van der Waals surface area contributed by atoms with Crippen LogP contribution in [-0.4, -0.2) is 48.6 Å². The van der Waals surface area contributed by atoms with Gasteiger partial charge in [0.25, 0.3) is 0 Å². The molecule has 0 bridgehead atoms. The maximum atomic E-state index is 15.5. The highest BCUT2D eigenvalue weighted by Gasteiger charge is 2.44. The number of fused-ring (bicyclic) bond motifs is 2. The number of ketones is 1. The van der Waals surface area contributed by atoms with Gasteiger partial charge in [-0.3, -0.25) is 19.7 Å². The zero-order chi connectivity index (χ0) is 26.6. The number of nitriles is 1. The second kappa shape index (κ2) is 8.77. The van der Waals surface area contributed by atoms with E-state index in [9.17, 15) is 32.4 Å². The molecule has 1 fully saturated rings. The lowest BCUT2D eigenvalue weighted by molar-refractivity contribution is -0.171. The van der Waals surface area contributed by atoms with Gasteiger partial charge in [-0.15, -0.1) is 0 Å². The molecule has 0 saturated heterocycles. The number of H-pyrrole nitrogens is 1. The molecule has 0 aliphatic heterocycles. The Hall–Kier alpha value is -4.12. The summed E-state index contributed by atoms with van der Waals surface area (Å²) >= 11 is 6.29. The number of carbonyl (C=O) groups excluding carboxylic acids is 2. The Bertz CT molecular complexity index is 1620. The number of nitrogens with one attached hydrogen (secondary N) is 2. The van der Waals surface area contributed by atoms with Gasteiger partial charge in [-0.05, 0) is 6.42 Å². The van der Waals surface area contributed by atoms with E-state index in [1.165, 1.54) is 35.3 Å². The summed E-state index contributed by atoms with van der Waals surface area (Å²) in [7, 11) is 0. The lowest BCUT2D eigenvalue weighted by Gasteiger charge is -2.16. The maximum Gasteiger partial charge on any atom is 0.450 e. The molecule has 1 aliphatic rings. The average molecular weight is 538 g/mol. The molecule has 0 spiro atoms. The second-order valence-corrected chi connectivity index (χ2v) is 8.77. The number of Topliss-reactive ketones (excluding diaryl/α,β-unsaturated/α-hetero) is 1. The molecule has 190 valence electrons. The van der Waals surface area contributed by atoms with Crippen LogP contribution >= 0.6 is 11.6 Å². The number of hydrogen-bond acceptors (Lipinski definition) is 6. The number of anilines is 1. The minimum atomic E-state index is -5.20. The van der Waals surface area contributed by atoms with E-state index in [2.05, 4.69) is 25.5 Å². The third-order valence-electron chi connectivity index (χ3n) is 5.93. The largest absolute Gasteiger partial charge is 0.450 e. The highest BCUT2D eigenvalue weighted by molar-refractivity contribution is 6.35. The van der Waals surface area contributed by atoms with Crippen molar-refractivity contribution in [3.8, 4) is 17.3 Å². The van der Waals surface area contributed by atoms with Crippen LogP contribution in [0.25, 0.3) is 27.8 Å². The van der Waals surface area contributed by atoms with Gasteiger partial charge in [0.2, 0.25) is 11.7 Å². The van der Waals surface area contributed by atoms with Crippen LogP contribution in [0.15, 0.2) is 24.8 Å². The van der Waals surface area contributed by atoms with Crippen LogP contribution in [0.2, 0.25) is 5.02 Å². The van der Waals surface area contributed by atoms with E-state index >= 15 is 4.39 Å². The summed E-state index contributed by atoms with van der Waals surface area (Å²) in [4.78, 5) is 31.9. The number of imidazole rings is 1. The first-order valence-corrected chi connectivity index (χ1v) is 11.0. The molecular weight excluding hydrogens is 525 g/mol. The normalized spacial score (nSPS) is 18.1. The summed E-state index contributed by atoms with van der Waals surface area (Å²) in [5, 5.41) is 17.8. The molecule has 3 aromatic heterocycles. The number of hydrogen-bond donors (Lipinski definition) is 2. The summed E-state index contributed by atoms with van der Waals surface area (Å²) < 4.78 is 68.4. The molecule has 3 atom stereocenters. The number of aromatic amines is 1. The first-order valence-electron chi connectivity index (χ1n) is 10.6. The molecule has 1 unspecified atom stereocenters. The highest BCUT2D eigenvalue weighted by Crippen LogP contribution is 2.42. The third-order valence-corrected chi connectivity index (χ3v) is 6.29. The van der Waals surface area contributed by atoms with E-state index in [1.54, 1.807) is 0 Å². The first kappa shape index (κ1) is 24.6. The van der Waals surface area contributed by atoms with E-state index in [4.69, 9.17) is 11.6 Å². The number of rotatable bonds is 6. The van der Waals surface area contributed by atoms with Crippen molar-refractivity contribution in [1.82, 2.24) is 24.6 Å². The van der Waals surface area contributed by atoms with Gasteiger partial charge in [0.05, 0.1) is 52.7 Å². The predicted octanol–water partition coefficient (Wildman–Crippen LogP) is 4.49. The van der Waals surface area contributed by atoms with Gasteiger partial charge >= 0.3 is 6.18 Å². The van der Waals surface area contributed by atoms with E-state index in [-0.39, 0.29) is 34.4 Å². The minimum Gasteiger partial charge on any atom is -0.309 e. The van der Waals surface area contributed by atoms with Crippen LogP contribution < -0.4 is 5.32 Å². The van der Waals surface area contributed by atoms with E-state index in [1.807, 2.05) is 0 Å². The Morgan fingerprint density at radius 1 is 1.32 bits per heavy atom. The highest BCUT2D eigenvalue weighted by atomic mass is 35.5. The standard InChI is InChI=1S/C22H13ClF5N7O2/c23-18-17(12-6-35-7-14(32-15(35)5-30-12)33-21(37)9-2-11(9)24)10-4-31-34-20(10)16(19(18)25)8(3-29)1-13(36)22(26,27)28/h4-9,11H,1-2H2,(H,31,34)(H,33,37)/t8?,9-,11+/m1/s1. The summed E-state index contributed by atoms with van der Waals surface area (Å²) in [6.45, 7) is 0. The van der Waals surface area contributed by atoms with Crippen molar-refractivity contribution >= 4 is 45.7 Å². The molecule has 1 aliphatic carbocycles. The molecule has 3 heterocycles. The van der Waals surface area contributed by atoms with Crippen molar-refractivity contribution in [3.63, 3.8) is 0 Å². The fraction of sp³-hybridized carbons (Fsp3) is 0.273. The molecule has 4 aromatic rings. The second-order valence-electron chi connectivity index (χ2n) is 8.39. The van der Waals surface area contributed by atoms with Crippen molar-refractivity contribution < 1.29 is 31.5 Å². The van der Waals surface area contributed by atoms with E-state index in [0.29, 0.717) is 5.65 Å². The fourth-order valence-corrected chi connectivity index (χ4v) is 4.27. The molecule has 0 radical (unpaired) electrons. The zero-order valence-electron chi connectivity index (χ0n) is 18.3. The lowest BCUT2D eigenvalue weighted by atomic mass is 9.90. The molecule has 1 amide bonds. The van der Waals surface area contributed by atoms with Crippen molar-refractivity contribution in [2.24, 2.45) is 5.92 Å². The minimum absolute atomic E-state index is 0.0185. The molecule has 1 aromatic carbocycles. The Morgan fingerprint density at radius 3 is 2.70 bits per heavy atom. The Kier molecular flexibility index (Phi) is 5.82. The van der Waals surface area contributed by atoms with Crippen LogP contribution in [-0.2, 0) is 9.59 Å². The van der Waals surface area contributed by atoms with Gasteiger partial charge in [0, 0.05) is 29.1 Å². The number of aromatic nitrogens is 5. The van der Waals surface area contributed by atoms with Gasteiger partial charge < -0.3 is 9.72 Å². The maximum absolute atomic E-state index is 15.5. The topological polar surface area (TPSA) is 129 Å². The number of halogens is 6. The van der Waals surface area contributed by atoms with E-state index in [0.717, 1.165) is 0 Å². The number of alkyl halides is 4. The Morgan fingerprint density at radius 2 is 2.05 bits per heavy atom. The van der Waals surface area contributed by atoms with E-state index < -0.39 is 58.7 Å². The van der Waals surface area contributed by atoms with Gasteiger partial charge in [0.1, 0.15) is 12.0 Å². The predicted molar refractivity (Wildman–Crippen MR) is 119 cm³/mol. The Balaban J connectivity index is 1.55. The van der Waals surface area contributed by atoms with Crippen LogP contribution in [0.4, 0.5) is 27.8 Å². The number of amides is 1. The SMILES string of the molecule is N#CC(CC(=O)C(F)(F)F)c1c(F)c(Cl)c(-c2cn3cc(NC(=O)[C@@H]4C[C@@H]4F)nc3cn2)c2cn[nH]c12. The quantitative estimate of drug-likeness (QED) is 0.349. The lowest BCUT2D eigenvalue weighted by Crippen LogP contribution is -2.24. The van der Waals surface area contributed by atoms with Crippen LogP contribution in [0, 0.1) is 23.1 Å². The van der Waals surface area contributed by atoms with Crippen LogP contribution in [0.3, 0.4) is 0 Å². The summed E-state index contributed by atoms with van der Waals surface area (Å²) in [6, 6.07) is 1.53. The number of benzene rings is 1. The third kappa shape index (κ3) is 4.35. The monoisotopic (exact) mass is 537 g/mol. The molecule has 5 rings (SSSR count). The smallest absolute Gasteiger partial charge is 0.309 e.